The van der Waals surface area contributed by atoms with Crippen molar-refractivity contribution in [1.29, 1.82) is 0 Å². The summed E-state index contributed by atoms with van der Waals surface area (Å²) in [6, 6.07) is -0.319. The predicted octanol–water partition coefficient (Wildman–Crippen LogP) is 0.931. The number of rotatable bonds is 5. The van der Waals surface area contributed by atoms with E-state index in [1.54, 1.807) is 0 Å². The third kappa shape index (κ3) is 5.24. The minimum absolute atomic E-state index is 0.147. The lowest BCUT2D eigenvalue weighted by Crippen LogP contribution is -2.49. The maximum Gasteiger partial charge on any atom is 0.239 e. The van der Waals surface area contributed by atoms with Crippen LogP contribution in [-0.4, -0.2) is 67.7 Å². The molecule has 0 bridgehead atoms. The average Bonchev–Trinajstić information content (AvgIpc) is 2.47. The van der Waals surface area contributed by atoms with Crippen LogP contribution >= 0.6 is 0 Å². The van der Waals surface area contributed by atoms with Crippen molar-refractivity contribution in [1.82, 2.24) is 9.80 Å². The SMILES string of the molecule is CC(C)C[C@H](N)C(=O)N1CCC(CN2CCOCC2)CC1. The standard InChI is InChI=1S/C16H31N3O2/c1-13(2)11-15(17)16(20)19-5-3-14(4-6-19)12-18-7-9-21-10-8-18/h13-15H,3-12,17H2,1-2H3/t15-/m0/s1. The van der Waals surface area contributed by atoms with Gasteiger partial charge in [0.1, 0.15) is 0 Å². The summed E-state index contributed by atoms with van der Waals surface area (Å²) in [5.41, 5.74) is 6.02. The Labute approximate surface area is 128 Å². The lowest BCUT2D eigenvalue weighted by atomic mass is 9.95. The van der Waals surface area contributed by atoms with Gasteiger partial charge in [0.2, 0.25) is 5.91 Å². The molecule has 21 heavy (non-hydrogen) atoms. The summed E-state index contributed by atoms with van der Waals surface area (Å²) in [5, 5.41) is 0. The number of piperidine rings is 1. The molecule has 0 aromatic rings. The zero-order chi connectivity index (χ0) is 15.2. The van der Waals surface area contributed by atoms with Crippen LogP contribution in [0.5, 0.6) is 0 Å². The van der Waals surface area contributed by atoms with Crippen LogP contribution in [0.1, 0.15) is 33.1 Å². The Morgan fingerprint density at radius 1 is 1.19 bits per heavy atom. The highest BCUT2D eigenvalue weighted by atomic mass is 16.5. The molecule has 2 aliphatic rings. The summed E-state index contributed by atoms with van der Waals surface area (Å²) in [4.78, 5) is 16.8. The van der Waals surface area contributed by atoms with Crippen molar-refractivity contribution >= 4 is 5.91 Å². The summed E-state index contributed by atoms with van der Waals surface area (Å²) in [7, 11) is 0. The van der Waals surface area contributed by atoms with Crippen molar-refractivity contribution in [2.24, 2.45) is 17.6 Å². The van der Waals surface area contributed by atoms with Crippen LogP contribution in [0.25, 0.3) is 0 Å². The van der Waals surface area contributed by atoms with Crippen molar-refractivity contribution in [3.8, 4) is 0 Å². The largest absolute Gasteiger partial charge is 0.379 e. The van der Waals surface area contributed by atoms with E-state index in [0.29, 0.717) is 11.8 Å². The zero-order valence-corrected chi connectivity index (χ0v) is 13.6. The maximum absolute atomic E-state index is 12.3. The summed E-state index contributed by atoms with van der Waals surface area (Å²) >= 11 is 0. The number of nitrogens with zero attached hydrogens (tertiary/aromatic N) is 2. The number of nitrogens with two attached hydrogens (primary N) is 1. The Morgan fingerprint density at radius 3 is 2.38 bits per heavy atom. The second kappa shape index (κ2) is 8.11. The predicted molar refractivity (Wildman–Crippen MR) is 84.0 cm³/mol. The summed E-state index contributed by atoms with van der Waals surface area (Å²) in [6.07, 6.45) is 3.00. The molecule has 2 fully saturated rings. The van der Waals surface area contributed by atoms with Gasteiger partial charge in [-0.1, -0.05) is 13.8 Å². The second-order valence-electron chi connectivity index (χ2n) is 6.92. The van der Waals surface area contributed by atoms with Gasteiger partial charge in [0.25, 0.3) is 0 Å². The van der Waals surface area contributed by atoms with Crippen molar-refractivity contribution in [2.75, 3.05) is 45.9 Å². The fourth-order valence-electron chi connectivity index (χ4n) is 3.33. The van der Waals surface area contributed by atoms with Gasteiger partial charge in [-0.05, 0) is 31.1 Å². The monoisotopic (exact) mass is 297 g/mol. The van der Waals surface area contributed by atoms with Gasteiger partial charge in [-0.3, -0.25) is 9.69 Å². The van der Waals surface area contributed by atoms with Crippen LogP contribution in [-0.2, 0) is 9.53 Å². The first-order chi connectivity index (χ1) is 10.1. The Bertz CT molecular complexity index is 321. The topological polar surface area (TPSA) is 58.8 Å². The molecular weight excluding hydrogens is 266 g/mol. The molecule has 122 valence electrons. The Morgan fingerprint density at radius 2 is 1.81 bits per heavy atom. The van der Waals surface area contributed by atoms with Crippen molar-refractivity contribution in [2.45, 2.75) is 39.2 Å². The minimum atomic E-state index is -0.319. The smallest absolute Gasteiger partial charge is 0.239 e. The lowest BCUT2D eigenvalue weighted by Gasteiger charge is -2.37. The molecule has 2 rings (SSSR count). The third-order valence-electron chi connectivity index (χ3n) is 4.59. The highest BCUT2D eigenvalue weighted by molar-refractivity contribution is 5.81. The second-order valence-corrected chi connectivity index (χ2v) is 6.92. The van der Waals surface area contributed by atoms with E-state index in [9.17, 15) is 4.79 Å². The zero-order valence-electron chi connectivity index (χ0n) is 13.6. The molecule has 0 spiro atoms. The molecule has 2 saturated heterocycles. The first-order valence-electron chi connectivity index (χ1n) is 8.40. The van der Waals surface area contributed by atoms with E-state index in [1.807, 2.05) is 4.90 Å². The van der Waals surface area contributed by atoms with Gasteiger partial charge in [-0.25, -0.2) is 0 Å². The molecule has 2 heterocycles. The van der Waals surface area contributed by atoms with E-state index in [4.69, 9.17) is 10.5 Å². The number of amides is 1. The minimum Gasteiger partial charge on any atom is -0.379 e. The van der Waals surface area contributed by atoms with E-state index in [-0.39, 0.29) is 11.9 Å². The van der Waals surface area contributed by atoms with Crippen LogP contribution < -0.4 is 5.73 Å². The quantitative estimate of drug-likeness (QED) is 0.820. The van der Waals surface area contributed by atoms with Crippen LogP contribution in [0.4, 0.5) is 0 Å². The number of hydrogen-bond acceptors (Lipinski definition) is 4. The van der Waals surface area contributed by atoms with Crippen LogP contribution in [0.2, 0.25) is 0 Å². The normalized spacial score (nSPS) is 23.5. The van der Waals surface area contributed by atoms with Crippen molar-refractivity contribution in [3.63, 3.8) is 0 Å². The van der Waals surface area contributed by atoms with E-state index in [0.717, 1.165) is 65.2 Å². The van der Waals surface area contributed by atoms with Gasteiger partial charge in [-0.15, -0.1) is 0 Å². The molecule has 0 aromatic heterocycles. The van der Waals surface area contributed by atoms with Gasteiger partial charge in [-0.2, -0.15) is 0 Å². The van der Waals surface area contributed by atoms with Crippen LogP contribution in [0.3, 0.4) is 0 Å². The summed E-state index contributed by atoms with van der Waals surface area (Å²) in [6.45, 7) is 11.0. The first-order valence-corrected chi connectivity index (χ1v) is 8.40. The summed E-state index contributed by atoms with van der Waals surface area (Å²) < 4.78 is 5.39. The Balaban J connectivity index is 1.71. The van der Waals surface area contributed by atoms with E-state index in [1.165, 1.54) is 0 Å². The Hall–Kier alpha value is -0.650. The van der Waals surface area contributed by atoms with Crippen molar-refractivity contribution < 1.29 is 9.53 Å². The molecule has 0 unspecified atom stereocenters. The molecule has 0 aromatic carbocycles. The molecule has 0 aliphatic carbocycles. The van der Waals surface area contributed by atoms with Gasteiger partial charge in [0.05, 0.1) is 19.3 Å². The van der Waals surface area contributed by atoms with E-state index < -0.39 is 0 Å². The van der Waals surface area contributed by atoms with E-state index >= 15 is 0 Å². The molecule has 5 nitrogen and oxygen atoms in total. The molecule has 0 radical (unpaired) electrons. The maximum atomic E-state index is 12.3. The fraction of sp³-hybridized carbons (Fsp3) is 0.938. The third-order valence-corrected chi connectivity index (χ3v) is 4.59. The number of likely N-dealkylation sites (tertiary alicyclic amines) is 1. The van der Waals surface area contributed by atoms with Crippen LogP contribution in [0.15, 0.2) is 0 Å². The van der Waals surface area contributed by atoms with Gasteiger partial charge >= 0.3 is 0 Å². The van der Waals surface area contributed by atoms with Gasteiger partial charge < -0.3 is 15.4 Å². The average molecular weight is 297 g/mol. The van der Waals surface area contributed by atoms with E-state index in [2.05, 4.69) is 18.7 Å². The van der Waals surface area contributed by atoms with Crippen LogP contribution in [0, 0.1) is 11.8 Å². The molecule has 2 N–H and O–H groups in total. The fourth-order valence-corrected chi connectivity index (χ4v) is 3.33. The molecule has 1 amide bonds. The molecule has 1 atom stereocenters. The lowest BCUT2D eigenvalue weighted by molar-refractivity contribution is -0.134. The molecule has 0 saturated carbocycles. The number of ether oxygens (including phenoxy) is 1. The molecular formula is C16H31N3O2. The number of morpholine rings is 1. The highest BCUT2D eigenvalue weighted by Gasteiger charge is 2.27. The summed E-state index contributed by atoms with van der Waals surface area (Å²) in [5.74, 6) is 1.34. The molecule has 2 aliphatic heterocycles. The number of carbonyl (C=O) groups is 1. The number of hydrogen-bond donors (Lipinski definition) is 1. The van der Waals surface area contributed by atoms with Gasteiger partial charge in [0.15, 0.2) is 0 Å². The first kappa shape index (κ1) is 16.7. The Kier molecular flexibility index (Phi) is 6.45. The molecule has 5 heteroatoms. The van der Waals surface area contributed by atoms with Gasteiger partial charge in [0, 0.05) is 32.7 Å². The highest BCUT2D eigenvalue weighted by Crippen LogP contribution is 2.20. The number of carbonyl (C=O) groups excluding carboxylic acids is 1. The van der Waals surface area contributed by atoms with Crippen molar-refractivity contribution in [3.05, 3.63) is 0 Å².